The number of nitrogens with two attached hydrogens (primary N) is 2. The van der Waals surface area contributed by atoms with E-state index in [0.29, 0.717) is 92.1 Å². The number of nitrogens with zero attached hydrogens (tertiary/aromatic N) is 4. The first-order chi connectivity index (χ1) is 31.0. The number of nitrogen functional groups attached to an aromatic ring is 1. The van der Waals surface area contributed by atoms with Gasteiger partial charge in [-0.05, 0) is 85.2 Å². The summed E-state index contributed by atoms with van der Waals surface area (Å²) in [7, 11) is 0. The lowest BCUT2D eigenvalue weighted by atomic mass is 9.92. The fourth-order valence-corrected chi connectivity index (χ4v) is 7.97. The summed E-state index contributed by atoms with van der Waals surface area (Å²) in [5.74, 6) is -3.27. The molecule has 1 amide bonds. The molecule has 0 spiro atoms. The van der Waals surface area contributed by atoms with Crippen LogP contribution in [0.3, 0.4) is 0 Å². The monoisotopic (exact) mass is 995 g/mol. The van der Waals surface area contributed by atoms with Crippen LogP contribution in [-0.2, 0) is 32.0 Å². The number of carbonyl (C=O) groups excluding carboxylic acids is 4. The number of hydrogen-bond acceptors (Lipinski definition) is 11. The number of halogens is 5. The average molecular weight is 998 g/mol. The van der Waals surface area contributed by atoms with Crippen molar-refractivity contribution in [2.45, 2.75) is 70.3 Å². The predicted octanol–water partition coefficient (Wildman–Crippen LogP) is 8.60. The lowest BCUT2D eigenvalue weighted by molar-refractivity contribution is -0.142. The fraction of sp³-hybridized carbons (Fsp3) is 0.298. The number of nitrogens with one attached hydrogen (secondary N) is 1. The Labute approximate surface area is 406 Å². The number of carbonyl (C=O) groups is 5. The molecule has 2 aromatic heterocycles. The lowest BCUT2D eigenvalue weighted by Gasteiger charge is -2.32. The van der Waals surface area contributed by atoms with Crippen LogP contribution in [0, 0.1) is 5.92 Å². The number of aromatic nitrogens is 4. The predicted molar refractivity (Wildman–Crippen MR) is 259 cm³/mol. The Kier molecular flexibility index (Phi) is 18.6. The zero-order valence-electron chi connectivity index (χ0n) is 35.4. The summed E-state index contributed by atoms with van der Waals surface area (Å²) in [6.07, 6.45) is 7.92. The molecular formula is C47H46Cl5N7O7. The highest BCUT2D eigenvalue weighted by molar-refractivity contribution is 6.42. The van der Waals surface area contributed by atoms with Crippen LogP contribution in [0.25, 0.3) is 23.3 Å². The minimum Gasteiger partial charge on any atom is -0.481 e. The van der Waals surface area contributed by atoms with Gasteiger partial charge >= 0.3 is 5.97 Å². The van der Waals surface area contributed by atoms with Crippen LogP contribution in [0.4, 0.5) is 5.95 Å². The molecule has 2 atom stereocenters. The number of anilines is 1. The fourth-order valence-electron chi connectivity index (χ4n) is 7.36. The van der Waals surface area contributed by atoms with E-state index < -0.39 is 23.5 Å². The number of aliphatic carboxylic acids is 1. The number of likely N-dealkylation sites (tertiary alicyclic amines) is 1. The minimum absolute atomic E-state index is 0. The van der Waals surface area contributed by atoms with Crippen molar-refractivity contribution in [3.63, 3.8) is 0 Å². The number of hydrogen-bond donors (Lipinski definition) is 4. The molecule has 3 heterocycles. The van der Waals surface area contributed by atoms with Crippen LogP contribution in [0.2, 0.25) is 20.1 Å². The maximum absolute atomic E-state index is 13.7. The van der Waals surface area contributed by atoms with Gasteiger partial charge in [-0.25, -0.2) is 9.97 Å². The number of aromatic amines is 1. The molecule has 66 heavy (non-hydrogen) atoms. The summed E-state index contributed by atoms with van der Waals surface area (Å²) in [4.78, 5) is 93.8. The molecule has 1 fully saturated rings. The maximum atomic E-state index is 13.7. The smallest absolute Gasteiger partial charge is 0.306 e. The molecule has 14 nitrogen and oxygen atoms in total. The summed E-state index contributed by atoms with van der Waals surface area (Å²) in [6, 6.07) is 15.9. The van der Waals surface area contributed by atoms with Crippen molar-refractivity contribution in [3.05, 3.63) is 136 Å². The topological polar surface area (TPSA) is 232 Å². The number of fused-ring (bicyclic) bond motifs is 1. The summed E-state index contributed by atoms with van der Waals surface area (Å²) in [6.45, 7) is 0.0542. The Morgan fingerprint density at radius 3 is 2.00 bits per heavy atom. The number of aryl methyl sites for hydroxylation is 2. The number of piperidine rings is 1. The number of ketones is 3. The highest BCUT2D eigenvalue weighted by Crippen LogP contribution is 2.29. The van der Waals surface area contributed by atoms with Gasteiger partial charge in [-0.15, -0.1) is 12.4 Å². The zero-order chi connectivity index (χ0) is 46.8. The highest BCUT2D eigenvalue weighted by Gasteiger charge is 2.31. The first-order valence-electron chi connectivity index (χ1n) is 20.8. The molecule has 6 N–H and O–H groups in total. The molecule has 0 bridgehead atoms. The SMILES string of the molecule is Cl.Nc1nc2nc(CCc3ccc(C(=O)C[C@@H](CCC(=O)CCCCC[C@@H](N)C(=O)N4C/C(=C\c5ccc(Cl)c(Cl)c5)C(=O)/C(=C/c5ccc(Cl)c(Cl)c5)C4)C(=O)O)cc3)cnc2c(=O)[nH]1. The van der Waals surface area contributed by atoms with Gasteiger partial charge in [0, 0.05) is 55.3 Å². The number of carboxylic acids is 1. The molecule has 5 aromatic rings. The molecule has 3 aromatic carbocycles. The Morgan fingerprint density at radius 2 is 1.41 bits per heavy atom. The standard InChI is InChI=1S/C47H45Cl4N7O7.ClH/c48-35-16-9-27(20-37(35)50)18-31-24-58(25-32(42(31)61)19-28-10-17-36(49)38(51)21-28)45(63)39(52)5-3-1-2-4-34(59)15-13-30(46(64)65)22-40(60)29-11-6-26(7-12-29)8-14-33-23-54-41-43(55-33)56-47(53)57-44(41)62;/h6-7,9-12,16-21,23,30,39H,1-5,8,13-15,22,24-25,52H2,(H,64,65)(H3,53,55,56,57,62);1H/b31-18+,32-19+;/t30-,39-;/m1./s1. The maximum Gasteiger partial charge on any atom is 0.306 e. The minimum atomic E-state index is -1.15. The molecule has 0 saturated carbocycles. The van der Waals surface area contributed by atoms with Gasteiger partial charge in [0.05, 0.1) is 37.7 Å². The molecule has 6 rings (SSSR count). The second-order valence-electron chi connectivity index (χ2n) is 15.8. The Hall–Kier alpha value is -5.48. The molecule has 1 aliphatic rings. The van der Waals surface area contributed by atoms with Crippen LogP contribution < -0.4 is 17.0 Å². The van der Waals surface area contributed by atoms with Crippen molar-refractivity contribution in [2.75, 3.05) is 18.8 Å². The average Bonchev–Trinajstić information content (AvgIpc) is 3.27. The van der Waals surface area contributed by atoms with Crippen LogP contribution >= 0.6 is 58.8 Å². The first-order valence-corrected chi connectivity index (χ1v) is 22.3. The van der Waals surface area contributed by atoms with Crippen LogP contribution in [0.15, 0.2) is 82.8 Å². The van der Waals surface area contributed by atoms with E-state index in [1.54, 1.807) is 72.8 Å². The number of Topliss-reactive ketones (excluding diaryl/α,β-unsaturated/α-hetero) is 3. The molecule has 1 saturated heterocycles. The Balaban J connectivity index is 0.00000817. The van der Waals surface area contributed by atoms with Crippen molar-refractivity contribution in [2.24, 2.45) is 11.7 Å². The third-order valence-corrected chi connectivity index (χ3v) is 12.4. The van der Waals surface area contributed by atoms with E-state index in [2.05, 4.69) is 19.9 Å². The highest BCUT2D eigenvalue weighted by atomic mass is 35.5. The molecule has 1 aliphatic heterocycles. The summed E-state index contributed by atoms with van der Waals surface area (Å²) in [5, 5.41) is 11.2. The van der Waals surface area contributed by atoms with E-state index in [1.807, 2.05) is 0 Å². The van der Waals surface area contributed by atoms with Crippen molar-refractivity contribution in [1.82, 2.24) is 24.8 Å². The molecular weight excluding hydrogens is 952 g/mol. The quantitative estimate of drug-likeness (QED) is 0.0346. The molecule has 19 heteroatoms. The normalized spacial score (nSPS) is 14.9. The molecule has 0 radical (unpaired) electrons. The van der Waals surface area contributed by atoms with E-state index in [4.69, 9.17) is 57.9 Å². The van der Waals surface area contributed by atoms with E-state index in [0.717, 1.165) is 5.56 Å². The van der Waals surface area contributed by atoms with Crippen molar-refractivity contribution in [3.8, 4) is 0 Å². The van der Waals surface area contributed by atoms with E-state index in [1.165, 1.54) is 11.1 Å². The Morgan fingerprint density at radius 1 is 0.788 bits per heavy atom. The summed E-state index contributed by atoms with van der Waals surface area (Å²) in [5.41, 5.74) is 15.6. The van der Waals surface area contributed by atoms with Crippen molar-refractivity contribution >= 4 is 117 Å². The summed E-state index contributed by atoms with van der Waals surface area (Å²) < 4.78 is 0. The van der Waals surface area contributed by atoms with Gasteiger partial charge in [-0.3, -0.25) is 33.8 Å². The van der Waals surface area contributed by atoms with Gasteiger partial charge in [0.2, 0.25) is 11.9 Å². The first kappa shape index (κ1) is 51.5. The number of amides is 1. The molecule has 346 valence electrons. The van der Waals surface area contributed by atoms with E-state index in [-0.39, 0.29) is 91.5 Å². The third kappa shape index (κ3) is 14.0. The molecule has 0 aliphatic carbocycles. The van der Waals surface area contributed by atoms with Crippen LogP contribution in [0.5, 0.6) is 0 Å². The van der Waals surface area contributed by atoms with E-state index in [9.17, 15) is 33.9 Å². The largest absolute Gasteiger partial charge is 0.481 e. The van der Waals surface area contributed by atoms with Gasteiger partial charge in [0.15, 0.2) is 22.7 Å². The van der Waals surface area contributed by atoms with E-state index >= 15 is 0 Å². The third-order valence-electron chi connectivity index (χ3n) is 11.0. The number of rotatable bonds is 19. The summed E-state index contributed by atoms with van der Waals surface area (Å²) >= 11 is 24.7. The van der Waals surface area contributed by atoms with Gasteiger partial charge in [-0.2, -0.15) is 4.98 Å². The second-order valence-corrected chi connectivity index (χ2v) is 17.5. The van der Waals surface area contributed by atoms with Gasteiger partial charge in [0.1, 0.15) is 5.78 Å². The second kappa shape index (κ2) is 23.8. The van der Waals surface area contributed by atoms with Crippen molar-refractivity contribution < 1.29 is 29.1 Å². The zero-order valence-corrected chi connectivity index (χ0v) is 39.2. The molecule has 0 unspecified atom stereocenters. The van der Waals surface area contributed by atoms with Crippen LogP contribution in [-0.4, -0.2) is 78.3 Å². The lowest BCUT2D eigenvalue weighted by Crippen LogP contribution is -2.48. The van der Waals surface area contributed by atoms with Crippen LogP contribution in [0.1, 0.15) is 84.1 Å². The number of carboxylic acid groups (broad SMARTS) is 1. The van der Waals surface area contributed by atoms with Gasteiger partial charge in [-0.1, -0.05) is 95.6 Å². The number of H-pyrrole nitrogens is 1. The van der Waals surface area contributed by atoms with Gasteiger partial charge in [0.25, 0.3) is 5.56 Å². The Bertz CT molecular complexity index is 2690. The van der Waals surface area contributed by atoms with Gasteiger partial charge < -0.3 is 21.5 Å². The number of benzene rings is 3. The van der Waals surface area contributed by atoms with Crippen molar-refractivity contribution in [1.29, 1.82) is 0 Å². The number of unbranched alkanes of at least 4 members (excludes halogenated alkanes) is 2.